The first kappa shape index (κ1) is 21.0. The molecular formula is C23H24FN3O4. The standard InChI is InChI=1S/C23H24FN3O4/c24-16-6-8-17(9-7-16)25-21(28)15-26-10-3-11-27(13-12-26)22(29)14-20-18-4-1-2-5-19(18)23(30)31-20/h1-2,4-9,20H,3,10-15H2,(H,25,28). The Morgan fingerprint density at radius 1 is 1.03 bits per heavy atom. The highest BCUT2D eigenvalue weighted by atomic mass is 19.1. The van der Waals surface area contributed by atoms with E-state index in [1.807, 2.05) is 17.0 Å². The number of amides is 2. The maximum atomic E-state index is 13.0. The van der Waals surface area contributed by atoms with Crippen molar-refractivity contribution >= 4 is 23.5 Å². The van der Waals surface area contributed by atoms with Crippen LogP contribution in [0.5, 0.6) is 0 Å². The highest BCUT2D eigenvalue weighted by Gasteiger charge is 2.33. The highest BCUT2D eigenvalue weighted by molar-refractivity contribution is 5.94. The van der Waals surface area contributed by atoms with E-state index in [1.54, 1.807) is 17.0 Å². The first-order valence-electron chi connectivity index (χ1n) is 10.3. The van der Waals surface area contributed by atoms with Crippen molar-refractivity contribution < 1.29 is 23.5 Å². The number of anilines is 1. The maximum Gasteiger partial charge on any atom is 0.339 e. The number of esters is 1. The number of fused-ring (bicyclic) bond motifs is 1. The number of nitrogens with zero attached hydrogens (tertiary/aromatic N) is 2. The van der Waals surface area contributed by atoms with Crippen LogP contribution in [0.2, 0.25) is 0 Å². The molecule has 0 saturated carbocycles. The highest BCUT2D eigenvalue weighted by Crippen LogP contribution is 2.33. The molecule has 1 unspecified atom stereocenters. The van der Waals surface area contributed by atoms with Gasteiger partial charge in [-0.05, 0) is 36.8 Å². The molecule has 2 aromatic rings. The van der Waals surface area contributed by atoms with Crippen molar-refractivity contribution in [1.82, 2.24) is 9.80 Å². The van der Waals surface area contributed by atoms with E-state index in [4.69, 9.17) is 4.74 Å². The molecule has 1 N–H and O–H groups in total. The molecule has 0 aliphatic carbocycles. The molecule has 2 aliphatic rings. The molecule has 1 fully saturated rings. The summed E-state index contributed by atoms with van der Waals surface area (Å²) in [6.07, 6.45) is 0.321. The second kappa shape index (κ2) is 9.26. The molecule has 0 radical (unpaired) electrons. The molecule has 2 amide bonds. The van der Waals surface area contributed by atoms with Crippen LogP contribution in [0, 0.1) is 5.82 Å². The minimum atomic E-state index is -0.544. The molecule has 162 valence electrons. The van der Waals surface area contributed by atoms with Crippen LogP contribution in [0.25, 0.3) is 0 Å². The van der Waals surface area contributed by atoms with Crippen molar-refractivity contribution in [2.45, 2.75) is 18.9 Å². The Bertz CT molecular complexity index is 979. The summed E-state index contributed by atoms with van der Waals surface area (Å²) >= 11 is 0. The van der Waals surface area contributed by atoms with Crippen LogP contribution in [0.15, 0.2) is 48.5 Å². The third kappa shape index (κ3) is 5.08. The predicted octanol–water partition coefficient (Wildman–Crippen LogP) is 2.60. The summed E-state index contributed by atoms with van der Waals surface area (Å²) in [6, 6.07) is 12.8. The van der Waals surface area contributed by atoms with Gasteiger partial charge in [0.05, 0.1) is 18.5 Å². The van der Waals surface area contributed by atoms with E-state index in [1.165, 1.54) is 24.3 Å². The molecule has 31 heavy (non-hydrogen) atoms. The van der Waals surface area contributed by atoms with Crippen LogP contribution in [0.3, 0.4) is 0 Å². The number of carbonyl (C=O) groups excluding carboxylic acids is 3. The number of benzene rings is 2. The van der Waals surface area contributed by atoms with Crippen LogP contribution < -0.4 is 5.32 Å². The monoisotopic (exact) mass is 425 g/mol. The molecule has 2 heterocycles. The Morgan fingerprint density at radius 2 is 1.81 bits per heavy atom. The van der Waals surface area contributed by atoms with E-state index in [0.29, 0.717) is 37.4 Å². The van der Waals surface area contributed by atoms with Crippen LogP contribution in [-0.4, -0.2) is 60.3 Å². The van der Waals surface area contributed by atoms with Gasteiger partial charge in [-0.25, -0.2) is 9.18 Å². The van der Waals surface area contributed by atoms with Gasteiger partial charge in [-0.2, -0.15) is 0 Å². The largest absolute Gasteiger partial charge is 0.453 e. The van der Waals surface area contributed by atoms with Gasteiger partial charge in [0.15, 0.2) is 0 Å². The first-order chi connectivity index (χ1) is 15.0. The van der Waals surface area contributed by atoms with Gasteiger partial charge in [-0.15, -0.1) is 0 Å². The molecule has 2 aromatic carbocycles. The second-order valence-corrected chi connectivity index (χ2v) is 7.75. The number of carbonyl (C=O) groups is 3. The molecule has 4 rings (SSSR count). The Labute approximate surface area is 179 Å². The molecule has 1 saturated heterocycles. The number of rotatable bonds is 5. The molecule has 0 aromatic heterocycles. The molecule has 7 nitrogen and oxygen atoms in total. The number of nitrogens with one attached hydrogen (secondary N) is 1. The molecular weight excluding hydrogens is 401 g/mol. The zero-order chi connectivity index (χ0) is 21.8. The normalized spacial score (nSPS) is 18.8. The van der Waals surface area contributed by atoms with Gasteiger partial charge >= 0.3 is 5.97 Å². The van der Waals surface area contributed by atoms with E-state index in [2.05, 4.69) is 5.32 Å². The lowest BCUT2D eigenvalue weighted by Gasteiger charge is -2.23. The lowest BCUT2D eigenvalue weighted by atomic mass is 10.0. The van der Waals surface area contributed by atoms with Crippen molar-refractivity contribution in [3.8, 4) is 0 Å². The summed E-state index contributed by atoms with van der Waals surface area (Å²) in [6.45, 7) is 2.57. The number of ether oxygens (including phenoxy) is 1. The fourth-order valence-electron chi connectivity index (χ4n) is 3.97. The van der Waals surface area contributed by atoms with Crippen molar-refractivity contribution in [3.63, 3.8) is 0 Å². The van der Waals surface area contributed by atoms with Crippen molar-refractivity contribution in [2.75, 3.05) is 38.0 Å². The van der Waals surface area contributed by atoms with E-state index in [-0.39, 0.29) is 36.6 Å². The molecule has 8 heteroatoms. The van der Waals surface area contributed by atoms with Crippen molar-refractivity contribution in [2.24, 2.45) is 0 Å². The van der Waals surface area contributed by atoms with Crippen LogP contribution >= 0.6 is 0 Å². The number of hydrogen-bond donors (Lipinski definition) is 1. The number of halogens is 1. The Morgan fingerprint density at radius 3 is 2.61 bits per heavy atom. The van der Waals surface area contributed by atoms with Crippen molar-refractivity contribution in [1.29, 1.82) is 0 Å². The van der Waals surface area contributed by atoms with E-state index in [0.717, 1.165) is 12.0 Å². The molecule has 1 atom stereocenters. The zero-order valence-electron chi connectivity index (χ0n) is 17.1. The number of cyclic esters (lactones) is 1. The molecule has 2 aliphatic heterocycles. The predicted molar refractivity (Wildman–Crippen MR) is 112 cm³/mol. The number of hydrogen-bond acceptors (Lipinski definition) is 5. The summed E-state index contributed by atoms with van der Waals surface area (Å²) in [7, 11) is 0. The minimum Gasteiger partial charge on any atom is -0.453 e. The smallest absolute Gasteiger partial charge is 0.339 e. The van der Waals surface area contributed by atoms with Gasteiger partial charge in [-0.1, -0.05) is 18.2 Å². The van der Waals surface area contributed by atoms with E-state index >= 15 is 0 Å². The fraction of sp³-hybridized carbons (Fsp3) is 0.348. The maximum absolute atomic E-state index is 13.0. The summed E-state index contributed by atoms with van der Waals surface area (Å²) < 4.78 is 18.4. The molecule has 0 bridgehead atoms. The lowest BCUT2D eigenvalue weighted by molar-refractivity contribution is -0.133. The Balaban J connectivity index is 1.28. The summed E-state index contributed by atoms with van der Waals surface area (Å²) in [4.78, 5) is 40.9. The molecule has 0 spiro atoms. The van der Waals surface area contributed by atoms with Gasteiger partial charge in [-0.3, -0.25) is 14.5 Å². The van der Waals surface area contributed by atoms with E-state index < -0.39 is 6.10 Å². The average molecular weight is 425 g/mol. The van der Waals surface area contributed by atoms with Gasteiger partial charge in [0.25, 0.3) is 0 Å². The zero-order valence-corrected chi connectivity index (χ0v) is 17.1. The fourth-order valence-corrected chi connectivity index (χ4v) is 3.97. The summed E-state index contributed by atoms with van der Waals surface area (Å²) in [5.41, 5.74) is 1.83. The quantitative estimate of drug-likeness (QED) is 0.745. The van der Waals surface area contributed by atoms with Gasteiger partial charge in [0.2, 0.25) is 11.8 Å². The topological polar surface area (TPSA) is 79.0 Å². The third-order valence-corrected chi connectivity index (χ3v) is 5.57. The summed E-state index contributed by atoms with van der Waals surface area (Å²) in [5.74, 6) is -0.985. The van der Waals surface area contributed by atoms with Crippen LogP contribution in [0.1, 0.15) is 34.9 Å². The van der Waals surface area contributed by atoms with Crippen LogP contribution in [0.4, 0.5) is 10.1 Å². The first-order valence-corrected chi connectivity index (χ1v) is 10.3. The van der Waals surface area contributed by atoms with Crippen molar-refractivity contribution in [3.05, 3.63) is 65.5 Å². The van der Waals surface area contributed by atoms with Gasteiger partial charge < -0.3 is 15.0 Å². The van der Waals surface area contributed by atoms with Gasteiger partial charge in [0, 0.05) is 37.4 Å². The second-order valence-electron chi connectivity index (χ2n) is 7.75. The van der Waals surface area contributed by atoms with Gasteiger partial charge in [0.1, 0.15) is 11.9 Å². The Kier molecular flexibility index (Phi) is 6.27. The average Bonchev–Trinajstić information content (AvgIpc) is 2.91. The Hall–Kier alpha value is -3.26. The summed E-state index contributed by atoms with van der Waals surface area (Å²) in [5, 5.41) is 2.76. The SMILES string of the molecule is O=C(CN1CCCN(C(=O)CC2OC(=O)c3ccccc32)CC1)Nc1ccc(F)cc1. The lowest BCUT2D eigenvalue weighted by Crippen LogP contribution is -2.38. The minimum absolute atomic E-state index is 0.0629. The van der Waals surface area contributed by atoms with Crippen LogP contribution in [-0.2, 0) is 14.3 Å². The third-order valence-electron chi connectivity index (χ3n) is 5.57. The van der Waals surface area contributed by atoms with E-state index in [9.17, 15) is 18.8 Å².